The predicted molar refractivity (Wildman–Crippen MR) is 120 cm³/mol. The van der Waals surface area contributed by atoms with E-state index in [1.807, 2.05) is 12.1 Å². The molecule has 1 fully saturated rings. The van der Waals surface area contributed by atoms with Gasteiger partial charge in [0, 0.05) is 54.7 Å². The monoisotopic (exact) mass is 405 g/mol. The number of hydrogen-bond donors (Lipinski definition) is 1. The lowest BCUT2D eigenvalue weighted by Gasteiger charge is -2.36. The maximum Gasteiger partial charge on any atom is 0.255 e. The Bertz CT molecular complexity index is 934. The van der Waals surface area contributed by atoms with Crippen LogP contribution in [0.2, 0.25) is 5.02 Å². The Hall–Kier alpha value is -2.82. The minimum atomic E-state index is -0.135. The number of nitrogens with zero attached hydrogens (tertiary/aromatic N) is 2. The average molecular weight is 406 g/mol. The van der Waals surface area contributed by atoms with Crippen molar-refractivity contribution in [2.24, 2.45) is 0 Å². The highest BCUT2D eigenvalue weighted by Gasteiger charge is 2.17. The Morgan fingerprint density at radius 1 is 0.828 bits per heavy atom. The summed E-state index contributed by atoms with van der Waals surface area (Å²) >= 11 is 5.88. The molecular weight excluding hydrogens is 382 g/mol. The lowest BCUT2D eigenvalue weighted by molar-refractivity contribution is 0.102. The summed E-state index contributed by atoms with van der Waals surface area (Å²) in [6, 6.07) is 25.6. The lowest BCUT2D eigenvalue weighted by atomic mass is 10.2. The minimum Gasteiger partial charge on any atom is -0.369 e. The molecule has 0 aliphatic carbocycles. The highest BCUT2D eigenvalue weighted by atomic mass is 35.5. The van der Waals surface area contributed by atoms with Gasteiger partial charge < -0.3 is 10.2 Å². The van der Waals surface area contributed by atoms with E-state index in [4.69, 9.17) is 11.6 Å². The van der Waals surface area contributed by atoms with Crippen molar-refractivity contribution in [2.45, 2.75) is 6.54 Å². The summed E-state index contributed by atoms with van der Waals surface area (Å²) in [7, 11) is 0. The zero-order chi connectivity index (χ0) is 20.1. The molecule has 5 heteroatoms. The number of anilines is 2. The maximum absolute atomic E-state index is 12.3. The third-order valence-electron chi connectivity index (χ3n) is 5.22. The number of nitrogens with one attached hydrogen (secondary N) is 1. The van der Waals surface area contributed by atoms with Crippen molar-refractivity contribution in [1.82, 2.24) is 4.90 Å². The van der Waals surface area contributed by atoms with Gasteiger partial charge in [0.25, 0.3) is 5.91 Å². The summed E-state index contributed by atoms with van der Waals surface area (Å²) in [5.74, 6) is -0.135. The number of hydrogen-bond acceptors (Lipinski definition) is 3. The molecule has 0 radical (unpaired) electrons. The second-order valence-corrected chi connectivity index (χ2v) is 7.69. The third-order valence-corrected chi connectivity index (χ3v) is 5.47. The molecule has 1 N–H and O–H groups in total. The van der Waals surface area contributed by atoms with Gasteiger partial charge in [0.05, 0.1) is 0 Å². The molecule has 0 atom stereocenters. The SMILES string of the molecule is O=C(Nc1ccc(N2CCN(Cc3ccccc3)CC2)cc1)c1ccc(Cl)cc1. The summed E-state index contributed by atoms with van der Waals surface area (Å²) < 4.78 is 0. The largest absolute Gasteiger partial charge is 0.369 e. The molecule has 3 aromatic carbocycles. The molecule has 0 saturated carbocycles. The Balaban J connectivity index is 1.30. The number of piperazine rings is 1. The van der Waals surface area contributed by atoms with E-state index in [-0.39, 0.29) is 5.91 Å². The molecule has 1 aliphatic rings. The fourth-order valence-electron chi connectivity index (χ4n) is 3.57. The van der Waals surface area contributed by atoms with Crippen molar-refractivity contribution >= 4 is 28.9 Å². The molecule has 1 saturated heterocycles. The second-order valence-electron chi connectivity index (χ2n) is 7.26. The first-order valence-corrected chi connectivity index (χ1v) is 10.2. The molecule has 0 spiro atoms. The molecule has 1 heterocycles. The maximum atomic E-state index is 12.3. The van der Waals surface area contributed by atoms with Gasteiger partial charge in [-0.05, 0) is 54.1 Å². The summed E-state index contributed by atoms with van der Waals surface area (Å²) in [5, 5.41) is 3.55. The van der Waals surface area contributed by atoms with Crippen LogP contribution < -0.4 is 10.2 Å². The molecule has 0 aromatic heterocycles. The van der Waals surface area contributed by atoms with Gasteiger partial charge >= 0.3 is 0 Å². The van der Waals surface area contributed by atoms with Gasteiger partial charge in [0.15, 0.2) is 0 Å². The first-order chi connectivity index (χ1) is 14.2. The van der Waals surface area contributed by atoms with E-state index < -0.39 is 0 Å². The number of carbonyl (C=O) groups excluding carboxylic acids is 1. The lowest BCUT2D eigenvalue weighted by Crippen LogP contribution is -2.45. The van der Waals surface area contributed by atoms with Crippen LogP contribution in [-0.4, -0.2) is 37.0 Å². The normalized spacial score (nSPS) is 14.6. The number of rotatable bonds is 5. The molecule has 29 heavy (non-hydrogen) atoms. The van der Waals surface area contributed by atoms with Gasteiger partial charge in [-0.3, -0.25) is 9.69 Å². The van der Waals surface area contributed by atoms with Crippen molar-refractivity contribution in [3.05, 3.63) is 95.0 Å². The van der Waals surface area contributed by atoms with Crippen LogP contribution in [-0.2, 0) is 6.54 Å². The zero-order valence-electron chi connectivity index (χ0n) is 16.2. The number of carbonyl (C=O) groups is 1. The first-order valence-electron chi connectivity index (χ1n) is 9.85. The minimum absolute atomic E-state index is 0.135. The van der Waals surface area contributed by atoms with E-state index in [0.29, 0.717) is 10.6 Å². The quantitative estimate of drug-likeness (QED) is 0.654. The smallest absolute Gasteiger partial charge is 0.255 e. The van der Waals surface area contributed by atoms with Gasteiger partial charge in [-0.25, -0.2) is 0 Å². The van der Waals surface area contributed by atoms with Crippen LogP contribution in [0.15, 0.2) is 78.9 Å². The van der Waals surface area contributed by atoms with Crippen LogP contribution in [0.1, 0.15) is 15.9 Å². The zero-order valence-corrected chi connectivity index (χ0v) is 17.0. The fraction of sp³-hybridized carbons (Fsp3) is 0.208. The van der Waals surface area contributed by atoms with E-state index in [0.717, 1.165) is 38.4 Å². The number of benzene rings is 3. The van der Waals surface area contributed by atoms with Crippen molar-refractivity contribution in [2.75, 3.05) is 36.4 Å². The standard InChI is InChI=1S/C24H24ClN3O/c25-21-8-6-20(7-9-21)24(29)26-22-10-12-23(13-11-22)28-16-14-27(15-17-28)18-19-4-2-1-3-5-19/h1-13H,14-18H2,(H,26,29). The Morgan fingerprint density at radius 2 is 1.48 bits per heavy atom. The molecule has 1 aliphatic heterocycles. The van der Waals surface area contributed by atoms with Gasteiger partial charge in [0.2, 0.25) is 0 Å². The van der Waals surface area contributed by atoms with Crippen LogP contribution in [0, 0.1) is 0 Å². The summed E-state index contributed by atoms with van der Waals surface area (Å²) in [6.45, 7) is 5.10. The molecular formula is C24H24ClN3O. The van der Waals surface area contributed by atoms with Crippen LogP contribution in [0.3, 0.4) is 0 Å². The van der Waals surface area contributed by atoms with E-state index in [1.165, 1.54) is 11.3 Å². The fourth-order valence-corrected chi connectivity index (χ4v) is 3.69. The first kappa shape index (κ1) is 19.5. The van der Waals surface area contributed by atoms with Crippen LogP contribution in [0.4, 0.5) is 11.4 Å². The Kier molecular flexibility index (Phi) is 6.13. The van der Waals surface area contributed by atoms with Gasteiger partial charge in [-0.2, -0.15) is 0 Å². The summed E-state index contributed by atoms with van der Waals surface area (Å²) in [4.78, 5) is 17.2. The predicted octanol–water partition coefficient (Wildman–Crippen LogP) is 4.91. The van der Waals surface area contributed by atoms with E-state index in [2.05, 4.69) is 57.6 Å². The van der Waals surface area contributed by atoms with Crippen LogP contribution in [0.25, 0.3) is 0 Å². The second kappa shape index (κ2) is 9.12. The molecule has 0 bridgehead atoms. The highest BCUT2D eigenvalue weighted by Crippen LogP contribution is 2.21. The van der Waals surface area contributed by atoms with E-state index >= 15 is 0 Å². The Morgan fingerprint density at radius 3 is 2.14 bits per heavy atom. The van der Waals surface area contributed by atoms with Crippen molar-refractivity contribution < 1.29 is 4.79 Å². The van der Waals surface area contributed by atoms with Crippen molar-refractivity contribution in [1.29, 1.82) is 0 Å². The molecule has 4 nitrogen and oxygen atoms in total. The van der Waals surface area contributed by atoms with Gasteiger partial charge in [-0.15, -0.1) is 0 Å². The van der Waals surface area contributed by atoms with Crippen molar-refractivity contribution in [3.63, 3.8) is 0 Å². The van der Waals surface area contributed by atoms with Gasteiger partial charge in [0.1, 0.15) is 0 Å². The van der Waals surface area contributed by atoms with Crippen LogP contribution >= 0.6 is 11.6 Å². The van der Waals surface area contributed by atoms with Crippen LogP contribution in [0.5, 0.6) is 0 Å². The third kappa shape index (κ3) is 5.17. The molecule has 148 valence electrons. The molecule has 0 unspecified atom stereocenters. The topological polar surface area (TPSA) is 35.6 Å². The number of halogens is 1. The van der Waals surface area contributed by atoms with Gasteiger partial charge in [-0.1, -0.05) is 41.9 Å². The molecule has 1 amide bonds. The summed E-state index contributed by atoms with van der Waals surface area (Å²) in [6.07, 6.45) is 0. The average Bonchev–Trinajstić information content (AvgIpc) is 2.76. The molecule has 3 aromatic rings. The Labute approximate surface area is 176 Å². The summed E-state index contributed by atoms with van der Waals surface area (Å²) in [5.41, 5.74) is 3.93. The van der Waals surface area contributed by atoms with E-state index in [9.17, 15) is 4.79 Å². The van der Waals surface area contributed by atoms with E-state index in [1.54, 1.807) is 24.3 Å². The number of amides is 1. The van der Waals surface area contributed by atoms with Crippen molar-refractivity contribution in [3.8, 4) is 0 Å². The molecule has 4 rings (SSSR count). The highest BCUT2D eigenvalue weighted by molar-refractivity contribution is 6.30.